The zero-order chi connectivity index (χ0) is 21.8. The summed E-state index contributed by atoms with van der Waals surface area (Å²) in [6.07, 6.45) is 5.47. The number of hydrogen-bond acceptors (Lipinski definition) is 6. The minimum absolute atomic E-state index is 0.0878. The molecule has 0 saturated heterocycles. The van der Waals surface area contributed by atoms with Crippen LogP contribution in [0.15, 0.2) is 11.0 Å². The smallest absolute Gasteiger partial charge is 0.277 e. The van der Waals surface area contributed by atoms with Crippen LogP contribution in [-0.4, -0.2) is 40.2 Å². The second-order valence-electron chi connectivity index (χ2n) is 8.57. The molecule has 1 aliphatic heterocycles. The number of methoxy groups -OCH3 is 1. The summed E-state index contributed by atoms with van der Waals surface area (Å²) in [5, 5.41) is 13.0. The molecule has 31 heavy (non-hydrogen) atoms. The van der Waals surface area contributed by atoms with Crippen LogP contribution in [0.2, 0.25) is 0 Å². The summed E-state index contributed by atoms with van der Waals surface area (Å²) in [7, 11) is -1.98. The summed E-state index contributed by atoms with van der Waals surface area (Å²) in [4.78, 5) is 13.3. The van der Waals surface area contributed by atoms with E-state index in [0.717, 1.165) is 49.8 Å². The van der Waals surface area contributed by atoms with E-state index < -0.39 is 15.8 Å². The van der Waals surface area contributed by atoms with Gasteiger partial charge in [0.1, 0.15) is 9.92 Å². The predicted molar refractivity (Wildman–Crippen MR) is 115 cm³/mol. The van der Waals surface area contributed by atoms with Gasteiger partial charge in [-0.1, -0.05) is 6.07 Å². The highest BCUT2D eigenvalue weighted by Gasteiger charge is 2.34. The lowest BCUT2D eigenvalue weighted by Gasteiger charge is -2.16. The molecule has 1 aromatic carbocycles. The van der Waals surface area contributed by atoms with Gasteiger partial charge in [0.15, 0.2) is 10.6 Å². The van der Waals surface area contributed by atoms with E-state index >= 15 is 0 Å². The van der Waals surface area contributed by atoms with Gasteiger partial charge in [0.25, 0.3) is 5.91 Å². The average Bonchev–Trinajstić information content (AvgIpc) is 3.43. The number of nitrogens with two attached hydrogens (primary N) is 1. The molecule has 0 saturated carbocycles. The number of carbonyl (C=O) groups excluding carboxylic acids is 1. The summed E-state index contributed by atoms with van der Waals surface area (Å²) >= 11 is 0. The van der Waals surface area contributed by atoms with E-state index in [1.165, 1.54) is 21.4 Å². The normalized spacial score (nSPS) is 21.0. The zero-order valence-electron chi connectivity index (χ0n) is 17.5. The molecule has 0 spiro atoms. The first-order valence-corrected chi connectivity index (χ1v) is 12.3. The van der Waals surface area contributed by atoms with Gasteiger partial charge in [-0.05, 0) is 60.3 Å². The fraction of sp³-hybridized carbons (Fsp3) is 0.524. The third-order valence-corrected chi connectivity index (χ3v) is 7.35. The Morgan fingerprint density at radius 3 is 2.97 bits per heavy atom. The van der Waals surface area contributed by atoms with Crippen LogP contribution in [0, 0.1) is 10.7 Å². The second kappa shape index (κ2) is 7.61. The van der Waals surface area contributed by atoms with Crippen molar-refractivity contribution in [3.63, 3.8) is 0 Å². The quantitative estimate of drug-likeness (QED) is 0.648. The van der Waals surface area contributed by atoms with E-state index in [1.54, 1.807) is 7.11 Å². The minimum Gasteiger partial charge on any atom is -0.477 e. The van der Waals surface area contributed by atoms with E-state index in [0.29, 0.717) is 25.7 Å². The van der Waals surface area contributed by atoms with Crippen LogP contribution >= 0.6 is 0 Å². The Morgan fingerprint density at radius 1 is 1.35 bits per heavy atom. The van der Waals surface area contributed by atoms with Crippen molar-refractivity contribution in [3.05, 3.63) is 34.0 Å². The van der Waals surface area contributed by atoms with Gasteiger partial charge in [0.05, 0.1) is 6.61 Å². The monoisotopic (exact) mass is 445 g/mol. The van der Waals surface area contributed by atoms with Gasteiger partial charge < -0.3 is 14.8 Å². The molecule has 2 atom stereocenters. The SMILES string of the molecule is COC[C@H]1Cc2cc3c(c(NC(=O)c4nn5c(c4S(=N)(N)=O)OCCC5)c2C1)CCC3. The number of fused-ring (bicyclic) bond motifs is 3. The Hall–Kier alpha value is -2.43. The largest absolute Gasteiger partial charge is 0.477 e. The molecule has 4 N–H and O–H groups in total. The van der Waals surface area contributed by atoms with E-state index in [4.69, 9.17) is 19.4 Å². The Bertz CT molecular complexity index is 1170. The molecule has 2 aromatic rings. The van der Waals surface area contributed by atoms with Crippen molar-refractivity contribution in [1.82, 2.24) is 9.78 Å². The molecular weight excluding hydrogens is 418 g/mol. The van der Waals surface area contributed by atoms with Crippen molar-refractivity contribution in [2.45, 2.75) is 50.0 Å². The number of nitrogens with zero attached hydrogens (tertiary/aromatic N) is 2. The molecule has 1 unspecified atom stereocenters. The van der Waals surface area contributed by atoms with Gasteiger partial charge in [-0.2, -0.15) is 5.10 Å². The molecular formula is C21H27N5O4S. The van der Waals surface area contributed by atoms with Crippen molar-refractivity contribution >= 4 is 21.5 Å². The van der Waals surface area contributed by atoms with Crippen molar-refractivity contribution in [3.8, 4) is 5.88 Å². The molecule has 9 nitrogen and oxygen atoms in total. The van der Waals surface area contributed by atoms with Crippen molar-refractivity contribution in [2.75, 3.05) is 25.6 Å². The number of aromatic nitrogens is 2. The van der Waals surface area contributed by atoms with Crippen molar-refractivity contribution in [1.29, 1.82) is 4.78 Å². The van der Waals surface area contributed by atoms with E-state index in [-0.39, 0.29) is 16.5 Å². The Kier molecular flexibility index (Phi) is 5.03. The third-order valence-electron chi connectivity index (χ3n) is 6.38. The topological polar surface area (TPSA) is 132 Å². The summed E-state index contributed by atoms with van der Waals surface area (Å²) in [6, 6.07) is 2.29. The van der Waals surface area contributed by atoms with Gasteiger partial charge >= 0.3 is 0 Å². The van der Waals surface area contributed by atoms with Crippen LogP contribution in [0.4, 0.5) is 5.69 Å². The molecule has 2 heterocycles. The Balaban J connectivity index is 1.55. The average molecular weight is 446 g/mol. The van der Waals surface area contributed by atoms with E-state index in [1.807, 2.05) is 0 Å². The number of ether oxygens (including phenoxy) is 2. The maximum atomic E-state index is 13.4. The lowest BCUT2D eigenvalue weighted by atomic mass is 9.98. The molecule has 0 radical (unpaired) electrons. The standard InChI is InChI=1S/C21H27N5O4S/c1-29-11-12-8-14-10-13-4-2-5-15(13)17(16(14)9-12)24-20(27)18-19(31(22,23)28)21-26(25-18)6-3-7-30-21/h10,12H,2-9,11H2,1H3,(H,24,27)(H3,22,23,28)/t12-/m0/s1. The lowest BCUT2D eigenvalue weighted by molar-refractivity contribution is 0.101. The molecule has 3 aliphatic rings. The molecule has 2 aliphatic carbocycles. The van der Waals surface area contributed by atoms with E-state index in [9.17, 15) is 9.00 Å². The molecule has 1 amide bonds. The number of aryl methyl sites for hydroxylation is 2. The van der Waals surface area contributed by atoms with Crippen LogP contribution < -0.4 is 15.2 Å². The number of hydrogen-bond donors (Lipinski definition) is 3. The first-order valence-electron chi connectivity index (χ1n) is 10.6. The fourth-order valence-corrected chi connectivity index (χ4v) is 5.99. The highest BCUT2D eigenvalue weighted by atomic mass is 32.2. The van der Waals surface area contributed by atoms with Crippen molar-refractivity contribution in [2.24, 2.45) is 11.1 Å². The fourth-order valence-electron chi connectivity index (χ4n) is 5.14. The number of nitrogens with one attached hydrogen (secondary N) is 2. The van der Waals surface area contributed by atoms with E-state index in [2.05, 4.69) is 16.5 Å². The van der Waals surface area contributed by atoms with Crippen LogP contribution in [0.1, 0.15) is 45.6 Å². The van der Waals surface area contributed by atoms with Gasteiger partial charge in [-0.3, -0.25) is 4.79 Å². The maximum absolute atomic E-state index is 13.4. The molecule has 1 aromatic heterocycles. The number of carbonyl (C=O) groups is 1. The van der Waals surface area contributed by atoms with Crippen LogP contribution in [0.3, 0.4) is 0 Å². The maximum Gasteiger partial charge on any atom is 0.277 e. The first kappa shape index (κ1) is 20.5. The number of rotatable bonds is 5. The van der Waals surface area contributed by atoms with Gasteiger partial charge in [0.2, 0.25) is 5.88 Å². The zero-order valence-corrected chi connectivity index (χ0v) is 18.3. The summed E-state index contributed by atoms with van der Waals surface area (Å²) in [5.74, 6) is 0.0595. The number of anilines is 1. The van der Waals surface area contributed by atoms with Crippen LogP contribution in [0.25, 0.3) is 0 Å². The number of benzene rings is 1. The predicted octanol–water partition coefficient (Wildman–Crippen LogP) is 2.05. The van der Waals surface area contributed by atoms with Crippen LogP contribution in [0.5, 0.6) is 5.88 Å². The molecule has 0 fully saturated rings. The first-order chi connectivity index (χ1) is 14.9. The lowest BCUT2D eigenvalue weighted by Crippen LogP contribution is -2.21. The molecule has 166 valence electrons. The Morgan fingerprint density at radius 2 is 2.19 bits per heavy atom. The molecule has 10 heteroatoms. The highest BCUT2D eigenvalue weighted by molar-refractivity contribution is 7.90. The second-order valence-corrected chi connectivity index (χ2v) is 10.2. The summed E-state index contributed by atoms with van der Waals surface area (Å²) < 4.78 is 32.9. The van der Waals surface area contributed by atoms with Crippen molar-refractivity contribution < 1.29 is 18.5 Å². The Labute approximate surface area is 181 Å². The minimum atomic E-state index is -3.69. The highest BCUT2D eigenvalue weighted by Crippen LogP contribution is 2.41. The summed E-state index contributed by atoms with van der Waals surface area (Å²) in [5.41, 5.74) is 5.62. The van der Waals surface area contributed by atoms with Gasteiger partial charge in [0, 0.05) is 32.4 Å². The van der Waals surface area contributed by atoms with Gasteiger partial charge in [-0.15, -0.1) is 0 Å². The third kappa shape index (κ3) is 3.52. The summed E-state index contributed by atoms with van der Waals surface area (Å²) in [6.45, 7) is 1.62. The van der Waals surface area contributed by atoms with Crippen LogP contribution in [-0.2, 0) is 46.9 Å². The molecule has 5 rings (SSSR count). The number of amides is 1. The molecule has 0 bridgehead atoms. The van der Waals surface area contributed by atoms with Gasteiger partial charge in [-0.25, -0.2) is 18.8 Å².